The van der Waals surface area contributed by atoms with Gasteiger partial charge in [0, 0.05) is 16.4 Å². The lowest BCUT2D eigenvalue weighted by Gasteiger charge is -2.07. The number of nitrogens with one attached hydrogen (secondary N) is 1. The van der Waals surface area contributed by atoms with Crippen molar-refractivity contribution < 1.29 is 4.79 Å². The highest BCUT2D eigenvalue weighted by atomic mass is 79.9. The smallest absolute Gasteiger partial charge is 0.252 e. The molecule has 0 bridgehead atoms. The molecule has 0 aliphatic rings. The first-order chi connectivity index (χ1) is 8.58. The fourth-order valence-corrected chi connectivity index (χ4v) is 2.27. The molecule has 0 radical (unpaired) electrons. The number of hydrogen-bond donors (Lipinski definition) is 2. The number of carbonyl (C=O) groups excluding carboxylic acids is 1. The van der Waals surface area contributed by atoms with Crippen LogP contribution in [0.2, 0.25) is 0 Å². The highest BCUT2D eigenvalue weighted by molar-refractivity contribution is 9.10. The number of benzene rings is 1. The minimum Gasteiger partial charge on any atom is -0.345 e. The molecule has 5 nitrogen and oxygen atoms in total. The lowest BCUT2D eigenvalue weighted by Crippen LogP contribution is -2.24. The van der Waals surface area contributed by atoms with Crippen LogP contribution in [0.3, 0.4) is 0 Å². The summed E-state index contributed by atoms with van der Waals surface area (Å²) in [6.45, 7) is 0.332. The van der Waals surface area contributed by atoms with Crippen LogP contribution in [0, 0.1) is 0 Å². The van der Waals surface area contributed by atoms with Gasteiger partial charge in [0.15, 0.2) is 5.82 Å². The number of nitrogens with zero attached hydrogens (tertiary/aromatic N) is 3. The third kappa shape index (κ3) is 2.91. The zero-order valence-electron chi connectivity index (χ0n) is 9.59. The second-order valence-corrected chi connectivity index (χ2v) is 5.10. The maximum atomic E-state index is 12.0. The Morgan fingerprint density at radius 2 is 2.33 bits per heavy atom. The van der Waals surface area contributed by atoms with Crippen LogP contribution in [0.5, 0.6) is 0 Å². The molecule has 0 saturated heterocycles. The van der Waals surface area contributed by atoms with E-state index in [0.717, 1.165) is 4.47 Å². The molecule has 0 fully saturated rings. The normalized spacial score (nSPS) is 10.4. The number of thiol groups is 1. The van der Waals surface area contributed by atoms with Gasteiger partial charge >= 0.3 is 0 Å². The Kier molecular flexibility index (Phi) is 4.03. The lowest BCUT2D eigenvalue weighted by atomic mass is 10.2. The summed E-state index contributed by atoms with van der Waals surface area (Å²) in [4.78, 5) is 12.6. The molecule has 94 valence electrons. The van der Waals surface area contributed by atoms with Crippen molar-refractivity contribution in [3.63, 3.8) is 0 Å². The van der Waals surface area contributed by atoms with Gasteiger partial charge in [-0.15, -0.1) is 22.8 Å². The van der Waals surface area contributed by atoms with E-state index >= 15 is 0 Å². The Hall–Kier alpha value is -1.34. The average Bonchev–Trinajstić information content (AvgIpc) is 2.72. The van der Waals surface area contributed by atoms with Gasteiger partial charge in [0.1, 0.15) is 6.33 Å². The van der Waals surface area contributed by atoms with Crippen LogP contribution >= 0.6 is 28.6 Å². The van der Waals surface area contributed by atoms with Gasteiger partial charge in [-0.05, 0) is 18.2 Å². The average molecular weight is 327 g/mol. The molecule has 0 unspecified atom stereocenters. The Morgan fingerprint density at radius 3 is 2.94 bits per heavy atom. The van der Waals surface area contributed by atoms with Crippen LogP contribution in [-0.2, 0) is 13.6 Å². The van der Waals surface area contributed by atoms with Crippen molar-refractivity contribution in [1.82, 2.24) is 20.1 Å². The minimum atomic E-state index is -0.185. The Balaban J connectivity index is 2.06. The molecule has 2 aromatic rings. The molecule has 0 atom stereocenters. The molecule has 1 amide bonds. The first kappa shape index (κ1) is 13.1. The van der Waals surface area contributed by atoms with Crippen LogP contribution in [0.15, 0.2) is 33.9 Å². The molecule has 7 heteroatoms. The van der Waals surface area contributed by atoms with Crippen molar-refractivity contribution in [3.8, 4) is 0 Å². The summed E-state index contributed by atoms with van der Waals surface area (Å²) in [5, 5.41) is 10.4. The topological polar surface area (TPSA) is 59.8 Å². The lowest BCUT2D eigenvalue weighted by molar-refractivity contribution is 0.0946. The van der Waals surface area contributed by atoms with Gasteiger partial charge in [0.25, 0.3) is 5.91 Å². The van der Waals surface area contributed by atoms with Gasteiger partial charge in [0.05, 0.1) is 12.1 Å². The van der Waals surface area contributed by atoms with Crippen LogP contribution in [0.25, 0.3) is 0 Å². The highest BCUT2D eigenvalue weighted by Gasteiger charge is 2.10. The van der Waals surface area contributed by atoms with Crippen LogP contribution in [0.1, 0.15) is 16.2 Å². The molecule has 1 heterocycles. The van der Waals surface area contributed by atoms with Gasteiger partial charge < -0.3 is 9.88 Å². The van der Waals surface area contributed by atoms with Gasteiger partial charge in [-0.1, -0.05) is 15.9 Å². The van der Waals surface area contributed by atoms with Gasteiger partial charge in [-0.3, -0.25) is 4.79 Å². The van der Waals surface area contributed by atoms with E-state index in [1.807, 2.05) is 7.05 Å². The van der Waals surface area contributed by atoms with Crippen LogP contribution in [-0.4, -0.2) is 20.7 Å². The SMILES string of the molecule is Cn1cnnc1CNC(=O)c1ccc(Br)cc1S. The second-order valence-electron chi connectivity index (χ2n) is 3.70. The number of aromatic nitrogens is 3. The van der Waals surface area contributed by atoms with E-state index in [-0.39, 0.29) is 5.91 Å². The third-order valence-electron chi connectivity index (χ3n) is 2.42. The Bertz CT molecular complexity index is 584. The van der Waals surface area contributed by atoms with Crippen molar-refractivity contribution in [2.75, 3.05) is 0 Å². The molecule has 1 aromatic carbocycles. The number of carbonyl (C=O) groups is 1. The van der Waals surface area contributed by atoms with Crippen molar-refractivity contribution in [2.24, 2.45) is 7.05 Å². The van der Waals surface area contributed by atoms with Crippen LogP contribution in [0.4, 0.5) is 0 Å². The monoisotopic (exact) mass is 326 g/mol. The second kappa shape index (κ2) is 5.53. The van der Waals surface area contributed by atoms with Crippen LogP contribution < -0.4 is 5.32 Å². The zero-order chi connectivity index (χ0) is 13.1. The summed E-state index contributed by atoms with van der Waals surface area (Å²) >= 11 is 7.59. The van der Waals surface area contributed by atoms with Crippen molar-refractivity contribution in [3.05, 3.63) is 40.4 Å². The molecule has 1 N–H and O–H groups in total. The number of hydrogen-bond acceptors (Lipinski definition) is 4. The third-order valence-corrected chi connectivity index (χ3v) is 3.28. The maximum Gasteiger partial charge on any atom is 0.252 e. The maximum absolute atomic E-state index is 12.0. The number of rotatable bonds is 3. The van der Waals surface area contributed by atoms with E-state index in [1.54, 1.807) is 29.1 Å². The van der Waals surface area contributed by atoms with E-state index in [4.69, 9.17) is 0 Å². The summed E-state index contributed by atoms with van der Waals surface area (Å²) in [5.41, 5.74) is 0.531. The molecule has 0 spiro atoms. The van der Waals surface area contributed by atoms with E-state index in [0.29, 0.717) is 22.8 Å². The number of aryl methyl sites for hydroxylation is 1. The minimum absolute atomic E-state index is 0.185. The summed E-state index contributed by atoms with van der Waals surface area (Å²) in [5.74, 6) is 0.511. The largest absolute Gasteiger partial charge is 0.345 e. The highest BCUT2D eigenvalue weighted by Crippen LogP contribution is 2.19. The number of halogens is 1. The molecular formula is C11H11BrN4OS. The molecule has 2 rings (SSSR count). The molecule has 0 saturated carbocycles. The van der Waals surface area contributed by atoms with E-state index in [1.165, 1.54) is 0 Å². The molecule has 1 aromatic heterocycles. The first-order valence-electron chi connectivity index (χ1n) is 5.17. The first-order valence-corrected chi connectivity index (χ1v) is 6.41. The predicted molar refractivity (Wildman–Crippen MR) is 73.6 cm³/mol. The van der Waals surface area contributed by atoms with Crippen molar-refractivity contribution >= 4 is 34.5 Å². The Morgan fingerprint density at radius 1 is 1.56 bits per heavy atom. The van der Waals surface area contributed by atoms with Gasteiger partial charge in [-0.2, -0.15) is 0 Å². The fraction of sp³-hybridized carbons (Fsp3) is 0.182. The van der Waals surface area contributed by atoms with E-state index < -0.39 is 0 Å². The van der Waals surface area contributed by atoms with E-state index in [2.05, 4.69) is 44.1 Å². The summed E-state index contributed by atoms with van der Waals surface area (Å²) in [7, 11) is 1.82. The standard InChI is InChI=1S/C11H11BrN4OS/c1-16-6-14-15-10(16)5-13-11(17)8-3-2-7(12)4-9(8)18/h2-4,6,18H,5H2,1H3,(H,13,17). The quantitative estimate of drug-likeness (QED) is 0.845. The van der Waals surface area contributed by atoms with Crippen molar-refractivity contribution in [2.45, 2.75) is 11.4 Å². The molecule has 0 aliphatic carbocycles. The summed E-state index contributed by atoms with van der Waals surface area (Å²) in [6, 6.07) is 5.30. The predicted octanol–water partition coefficient (Wildman–Crippen LogP) is 1.80. The van der Waals surface area contributed by atoms with Gasteiger partial charge in [0.2, 0.25) is 0 Å². The zero-order valence-corrected chi connectivity index (χ0v) is 12.1. The summed E-state index contributed by atoms with van der Waals surface area (Å²) in [6.07, 6.45) is 1.59. The molecule has 18 heavy (non-hydrogen) atoms. The molecule has 0 aliphatic heterocycles. The van der Waals surface area contributed by atoms with E-state index in [9.17, 15) is 4.79 Å². The number of amides is 1. The van der Waals surface area contributed by atoms with Gasteiger partial charge in [-0.25, -0.2) is 0 Å². The molecular weight excluding hydrogens is 316 g/mol. The Labute approximate surface area is 118 Å². The fourth-order valence-electron chi connectivity index (χ4n) is 1.42. The summed E-state index contributed by atoms with van der Waals surface area (Å²) < 4.78 is 2.64. The van der Waals surface area contributed by atoms with Crippen molar-refractivity contribution in [1.29, 1.82) is 0 Å².